The number of rotatable bonds is 7. The molecule has 0 aliphatic rings. The molecule has 0 aliphatic heterocycles. The highest BCUT2D eigenvalue weighted by atomic mass is 32.2. The van der Waals surface area contributed by atoms with Crippen molar-refractivity contribution in [2.24, 2.45) is 0 Å². The quantitative estimate of drug-likeness (QED) is 0.634. The van der Waals surface area contributed by atoms with Crippen LogP contribution < -0.4 is 14.8 Å². The van der Waals surface area contributed by atoms with E-state index < -0.39 is 21.7 Å². The average molecular weight is 400 g/mol. The van der Waals surface area contributed by atoms with Gasteiger partial charge in [0, 0.05) is 11.4 Å². The first-order valence-electron chi connectivity index (χ1n) is 8.28. The van der Waals surface area contributed by atoms with Crippen LogP contribution in [0.5, 0.6) is 5.75 Å². The normalized spacial score (nSPS) is 10.9. The maximum Gasteiger partial charge on any atom is 0.262 e. The fraction of sp³-hybridized carbons (Fsp3) is 0.0500. The number of halogens is 1. The van der Waals surface area contributed by atoms with Gasteiger partial charge in [-0.2, -0.15) is 0 Å². The van der Waals surface area contributed by atoms with E-state index in [9.17, 15) is 17.6 Å². The van der Waals surface area contributed by atoms with Gasteiger partial charge in [-0.3, -0.25) is 9.52 Å². The molecule has 3 aromatic rings. The molecule has 0 aromatic heterocycles. The summed E-state index contributed by atoms with van der Waals surface area (Å²) >= 11 is 0. The summed E-state index contributed by atoms with van der Waals surface area (Å²) in [6, 6.07) is 19.6. The van der Waals surface area contributed by atoms with Crippen molar-refractivity contribution in [1.82, 2.24) is 0 Å². The van der Waals surface area contributed by atoms with E-state index in [1.165, 1.54) is 48.5 Å². The van der Waals surface area contributed by atoms with E-state index in [1.807, 2.05) is 0 Å². The van der Waals surface area contributed by atoms with Crippen LogP contribution in [0.1, 0.15) is 0 Å². The monoisotopic (exact) mass is 400 g/mol. The fourth-order valence-electron chi connectivity index (χ4n) is 2.31. The van der Waals surface area contributed by atoms with Gasteiger partial charge in [-0.1, -0.05) is 18.2 Å². The summed E-state index contributed by atoms with van der Waals surface area (Å²) in [5.41, 5.74) is 0.906. The summed E-state index contributed by atoms with van der Waals surface area (Å²) in [6.45, 7) is -0.272. The number of nitrogens with one attached hydrogen (secondary N) is 2. The minimum absolute atomic E-state index is 0.0690. The first kappa shape index (κ1) is 19.4. The number of hydrogen-bond acceptors (Lipinski definition) is 4. The Morgan fingerprint density at radius 3 is 2.14 bits per heavy atom. The summed E-state index contributed by atoms with van der Waals surface area (Å²) in [5, 5.41) is 2.57. The van der Waals surface area contributed by atoms with Gasteiger partial charge >= 0.3 is 0 Å². The van der Waals surface area contributed by atoms with Crippen LogP contribution in [0.3, 0.4) is 0 Å². The molecule has 8 heteroatoms. The summed E-state index contributed by atoms with van der Waals surface area (Å²) in [5.74, 6) is -0.479. The van der Waals surface area contributed by atoms with Crippen molar-refractivity contribution in [3.63, 3.8) is 0 Å². The van der Waals surface area contributed by atoms with Crippen LogP contribution in [0.2, 0.25) is 0 Å². The lowest BCUT2D eigenvalue weighted by molar-refractivity contribution is -0.118. The van der Waals surface area contributed by atoms with Crippen LogP contribution in [0.4, 0.5) is 15.8 Å². The number of ether oxygens (including phenoxy) is 1. The summed E-state index contributed by atoms with van der Waals surface area (Å²) in [4.78, 5) is 11.9. The van der Waals surface area contributed by atoms with Crippen molar-refractivity contribution in [3.05, 3.63) is 84.7 Å². The minimum atomic E-state index is -3.72. The van der Waals surface area contributed by atoms with E-state index in [-0.39, 0.29) is 11.5 Å². The molecule has 0 atom stereocenters. The third kappa shape index (κ3) is 5.31. The van der Waals surface area contributed by atoms with Crippen molar-refractivity contribution in [1.29, 1.82) is 0 Å². The highest BCUT2D eigenvalue weighted by Crippen LogP contribution is 2.19. The number of hydrogen-bond donors (Lipinski definition) is 2. The number of anilines is 2. The number of carbonyl (C=O) groups excluding carboxylic acids is 1. The van der Waals surface area contributed by atoms with Crippen LogP contribution in [0.25, 0.3) is 0 Å². The number of carbonyl (C=O) groups is 1. The van der Waals surface area contributed by atoms with Crippen LogP contribution in [0, 0.1) is 5.82 Å². The fourth-order valence-corrected chi connectivity index (χ4v) is 3.37. The van der Waals surface area contributed by atoms with Gasteiger partial charge in [0.15, 0.2) is 6.61 Å². The lowest BCUT2D eigenvalue weighted by Crippen LogP contribution is -2.20. The van der Waals surface area contributed by atoms with E-state index in [1.54, 1.807) is 30.3 Å². The van der Waals surface area contributed by atoms with E-state index >= 15 is 0 Å². The molecular formula is C20H17FN2O4S. The molecule has 6 nitrogen and oxygen atoms in total. The van der Waals surface area contributed by atoms with Crippen molar-refractivity contribution < 1.29 is 22.3 Å². The van der Waals surface area contributed by atoms with Gasteiger partial charge in [0.2, 0.25) is 0 Å². The number of sulfonamides is 1. The van der Waals surface area contributed by atoms with Crippen molar-refractivity contribution in [2.75, 3.05) is 16.6 Å². The summed E-state index contributed by atoms with van der Waals surface area (Å²) in [7, 11) is -3.72. The maximum absolute atomic E-state index is 12.8. The molecule has 1 amide bonds. The first-order chi connectivity index (χ1) is 13.4. The number of benzene rings is 3. The highest BCUT2D eigenvalue weighted by molar-refractivity contribution is 7.92. The number of amides is 1. The Bertz CT molecular complexity index is 1040. The lowest BCUT2D eigenvalue weighted by Gasteiger charge is -2.10. The Morgan fingerprint density at radius 1 is 0.857 bits per heavy atom. The van der Waals surface area contributed by atoms with Gasteiger partial charge in [-0.15, -0.1) is 0 Å². The van der Waals surface area contributed by atoms with E-state index in [4.69, 9.17) is 4.74 Å². The summed E-state index contributed by atoms with van der Waals surface area (Å²) in [6.07, 6.45) is 0. The Hall–Kier alpha value is -3.39. The second-order valence-electron chi connectivity index (χ2n) is 5.79. The van der Waals surface area contributed by atoms with Crippen molar-refractivity contribution >= 4 is 27.3 Å². The molecule has 3 aromatic carbocycles. The average Bonchev–Trinajstić information content (AvgIpc) is 2.69. The zero-order valence-corrected chi connectivity index (χ0v) is 15.4. The molecule has 28 heavy (non-hydrogen) atoms. The molecule has 0 saturated heterocycles. The molecule has 0 aliphatic carbocycles. The number of para-hydroxylation sites is 1. The largest absolute Gasteiger partial charge is 0.484 e. The molecule has 144 valence electrons. The maximum atomic E-state index is 12.8. The predicted octanol–water partition coefficient (Wildman–Crippen LogP) is 3.64. The molecule has 0 spiro atoms. The SMILES string of the molecule is O=C(COc1ccc(S(=O)(=O)Nc2ccccc2)cc1)Nc1ccc(F)cc1. The third-order valence-corrected chi connectivity index (χ3v) is 5.06. The van der Waals surface area contributed by atoms with Crippen LogP contribution in [-0.4, -0.2) is 20.9 Å². The zero-order valence-electron chi connectivity index (χ0n) is 14.6. The Kier molecular flexibility index (Phi) is 5.90. The van der Waals surface area contributed by atoms with Crippen LogP contribution in [-0.2, 0) is 14.8 Å². The van der Waals surface area contributed by atoms with E-state index in [2.05, 4.69) is 10.0 Å². The van der Waals surface area contributed by atoms with Gasteiger partial charge in [0.05, 0.1) is 4.90 Å². The topological polar surface area (TPSA) is 84.5 Å². The Morgan fingerprint density at radius 2 is 1.50 bits per heavy atom. The second kappa shape index (κ2) is 8.53. The standard InChI is InChI=1S/C20H17FN2O4S/c21-15-6-8-16(9-7-15)22-20(24)14-27-18-10-12-19(13-11-18)28(25,26)23-17-4-2-1-3-5-17/h1-13,23H,14H2,(H,22,24). The van der Waals surface area contributed by atoms with Crippen LogP contribution >= 0.6 is 0 Å². The van der Waals surface area contributed by atoms with E-state index in [0.29, 0.717) is 17.1 Å². The van der Waals surface area contributed by atoms with Gasteiger partial charge in [0.25, 0.3) is 15.9 Å². The second-order valence-corrected chi connectivity index (χ2v) is 7.47. The van der Waals surface area contributed by atoms with Crippen molar-refractivity contribution in [3.8, 4) is 5.75 Å². The predicted molar refractivity (Wildman–Crippen MR) is 104 cm³/mol. The molecule has 0 saturated carbocycles. The lowest BCUT2D eigenvalue weighted by atomic mass is 10.3. The highest BCUT2D eigenvalue weighted by Gasteiger charge is 2.14. The van der Waals surface area contributed by atoms with Gasteiger partial charge in [-0.05, 0) is 60.7 Å². The Labute approximate surface area is 162 Å². The molecular weight excluding hydrogens is 383 g/mol. The van der Waals surface area contributed by atoms with Gasteiger partial charge in [-0.25, -0.2) is 12.8 Å². The molecule has 0 unspecified atom stereocenters. The van der Waals surface area contributed by atoms with Crippen LogP contribution in [0.15, 0.2) is 83.8 Å². The molecule has 0 radical (unpaired) electrons. The molecule has 0 fully saturated rings. The molecule has 0 heterocycles. The molecule has 0 bridgehead atoms. The first-order valence-corrected chi connectivity index (χ1v) is 9.77. The minimum Gasteiger partial charge on any atom is -0.484 e. The van der Waals surface area contributed by atoms with Gasteiger partial charge in [0.1, 0.15) is 11.6 Å². The summed E-state index contributed by atoms with van der Waals surface area (Å²) < 4.78 is 45.4. The third-order valence-electron chi connectivity index (χ3n) is 3.66. The van der Waals surface area contributed by atoms with Gasteiger partial charge < -0.3 is 10.1 Å². The van der Waals surface area contributed by atoms with E-state index in [0.717, 1.165) is 0 Å². The molecule has 2 N–H and O–H groups in total. The van der Waals surface area contributed by atoms with Crippen molar-refractivity contribution in [2.45, 2.75) is 4.90 Å². The zero-order chi connectivity index (χ0) is 20.0. The molecule has 3 rings (SSSR count). The smallest absolute Gasteiger partial charge is 0.262 e. The Balaban J connectivity index is 1.56.